The lowest BCUT2D eigenvalue weighted by molar-refractivity contribution is 0.102. The Morgan fingerprint density at radius 1 is 1.14 bits per heavy atom. The minimum Gasteiger partial charge on any atom is -0.362 e. The molecule has 1 amide bonds. The van der Waals surface area contributed by atoms with Crippen LogP contribution in [0.4, 0.5) is 5.69 Å². The summed E-state index contributed by atoms with van der Waals surface area (Å²) in [5.41, 5.74) is 0.648. The molecule has 1 fully saturated rings. The van der Waals surface area contributed by atoms with E-state index in [-0.39, 0.29) is 10.6 Å². The Bertz CT molecular complexity index is 1220. The average Bonchev–Trinajstić information content (AvgIpc) is 3.11. The second-order valence-corrected chi connectivity index (χ2v) is 8.47. The summed E-state index contributed by atoms with van der Waals surface area (Å²) in [6.07, 6.45) is 3.10. The monoisotopic (exact) mass is 408 g/mol. The summed E-state index contributed by atoms with van der Waals surface area (Å²) in [5, 5.41) is 4.37. The number of aromatic nitrogens is 1. The summed E-state index contributed by atoms with van der Waals surface area (Å²) in [6.45, 7) is 0.794. The first-order valence-corrected chi connectivity index (χ1v) is 10.7. The Balaban J connectivity index is 1.61. The maximum atomic E-state index is 12.8. The molecule has 1 aliphatic rings. The summed E-state index contributed by atoms with van der Waals surface area (Å²) in [6, 6.07) is 15.4. The molecule has 0 saturated carbocycles. The van der Waals surface area contributed by atoms with Crippen molar-refractivity contribution in [3.8, 4) is 0 Å². The first-order valence-electron chi connectivity index (χ1n) is 9.24. The SMILES string of the molecule is CN1CCC/C1=N\S(=O)(=O)c1cccc(NC(=O)c2nccc3ccccc23)c1. The van der Waals surface area contributed by atoms with Crippen molar-refractivity contribution in [2.45, 2.75) is 17.7 Å². The van der Waals surface area contributed by atoms with E-state index in [0.717, 1.165) is 23.7 Å². The second-order valence-electron chi connectivity index (χ2n) is 6.87. The Kier molecular flexibility index (Phi) is 5.02. The second kappa shape index (κ2) is 7.63. The van der Waals surface area contributed by atoms with E-state index in [2.05, 4.69) is 14.7 Å². The molecule has 148 valence electrons. The zero-order valence-corrected chi connectivity index (χ0v) is 16.7. The number of carbonyl (C=O) groups is 1. The molecule has 0 spiro atoms. The van der Waals surface area contributed by atoms with Crippen LogP contribution in [0.25, 0.3) is 10.8 Å². The number of pyridine rings is 1. The van der Waals surface area contributed by atoms with Crippen molar-refractivity contribution in [3.05, 3.63) is 66.5 Å². The van der Waals surface area contributed by atoms with Gasteiger partial charge in [-0.25, -0.2) is 0 Å². The third-order valence-electron chi connectivity index (χ3n) is 4.84. The van der Waals surface area contributed by atoms with Crippen LogP contribution in [-0.2, 0) is 10.0 Å². The van der Waals surface area contributed by atoms with E-state index in [1.165, 1.54) is 12.1 Å². The normalized spacial score (nSPS) is 15.8. The minimum atomic E-state index is -3.85. The number of nitrogens with one attached hydrogen (secondary N) is 1. The van der Waals surface area contributed by atoms with E-state index in [9.17, 15) is 13.2 Å². The van der Waals surface area contributed by atoms with Gasteiger partial charge in [0.25, 0.3) is 15.9 Å². The molecule has 1 aromatic heterocycles. The topological polar surface area (TPSA) is 91.7 Å². The van der Waals surface area contributed by atoms with E-state index in [4.69, 9.17) is 0 Å². The van der Waals surface area contributed by atoms with Gasteiger partial charge in [0.1, 0.15) is 11.5 Å². The highest BCUT2D eigenvalue weighted by Crippen LogP contribution is 2.22. The molecule has 0 aliphatic carbocycles. The van der Waals surface area contributed by atoms with E-state index < -0.39 is 15.9 Å². The van der Waals surface area contributed by atoms with Crippen molar-refractivity contribution in [3.63, 3.8) is 0 Å². The Hall–Kier alpha value is -3.26. The fourth-order valence-electron chi connectivity index (χ4n) is 3.33. The van der Waals surface area contributed by atoms with Crippen molar-refractivity contribution in [2.24, 2.45) is 4.40 Å². The fourth-order valence-corrected chi connectivity index (χ4v) is 4.47. The Labute approximate surface area is 169 Å². The molecule has 0 atom stereocenters. The van der Waals surface area contributed by atoms with Crippen LogP contribution < -0.4 is 5.32 Å². The highest BCUT2D eigenvalue weighted by molar-refractivity contribution is 7.90. The molecule has 3 aromatic rings. The molecule has 1 N–H and O–H groups in total. The molecular weight excluding hydrogens is 388 g/mol. The minimum absolute atomic E-state index is 0.0361. The zero-order valence-electron chi connectivity index (χ0n) is 15.9. The maximum Gasteiger partial charge on any atom is 0.284 e. The van der Waals surface area contributed by atoms with Gasteiger partial charge in [0.2, 0.25) is 0 Å². The number of nitrogens with zero attached hydrogens (tertiary/aromatic N) is 3. The third-order valence-corrected chi connectivity index (χ3v) is 6.14. The van der Waals surface area contributed by atoms with Crippen molar-refractivity contribution >= 4 is 38.2 Å². The van der Waals surface area contributed by atoms with Gasteiger partial charge in [0, 0.05) is 37.3 Å². The summed E-state index contributed by atoms with van der Waals surface area (Å²) in [4.78, 5) is 18.8. The predicted molar refractivity (Wildman–Crippen MR) is 113 cm³/mol. The number of anilines is 1. The van der Waals surface area contributed by atoms with Gasteiger partial charge in [-0.05, 0) is 36.1 Å². The standard InChI is InChI=1S/C21H20N4O3S/c1-25-13-5-10-19(25)24-29(27,28)17-8-4-7-16(14-17)23-21(26)20-18-9-3-2-6-15(18)11-12-22-20/h2-4,6-9,11-12,14H,5,10,13H2,1H3,(H,23,26)/b24-19+. The van der Waals surface area contributed by atoms with E-state index in [1.807, 2.05) is 42.3 Å². The molecule has 2 heterocycles. The number of sulfonamides is 1. The van der Waals surface area contributed by atoms with Crippen molar-refractivity contribution in [1.82, 2.24) is 9.88 Å². The maximum absolute atomic E-state index is 12.8. The van der Waals surface area contributed by atoms with Crippen LogP contribution in [0, 0.1) is 0 Å². The molecule has 29 heavy (non-hydrogen) atoms. The average molecular weight is 408 g/mol. The molecule has 7 nitrogen and oxygen atoms in total. The van der Waals surface area contributed by atoms with Crippen LogP contribution in [0.1, 0.15) is 23.3 Å². The molecule has 0 radical (unpaired) electrons. The molecule has 0 unspecified atom stereocenters. The highest BCUT2D eigenvalue weighted by Gasteiger charge is 2.21. The van der Waals surface area contributed by atoms with Gasteiger partial charge in [0.15, 0.2) is 0 Å². The number of hydrogen-bond acceptors (Lipinski definition) is 4. The Morgan fingerprint density at radius 3 is 2.76 bits per heavy atom. The first kappa shape index (κ1) is 19.1. The first-order chi connectivity index (χ1) is 13.9. The lowest BCUT2D eigenvalue weighted by atomic mass is 10.1. The number of carbonyl (C=O) groups excluding carboxylic acids is 1. The molecule has 2 aromatic carbocycles. The summed E-state index contributed by atoms with van der Waals surface area (Å²) < 4.78 is 29.3. The number of likely N-dealkylation sites (tertiary alicyclic amines) is 1. The summed E-state index contributed by atoms with van der Waals surface area (Å²) >= 11 is 0. The van der Waals surface area contributed by atoms with Crippen LogP contribution in [0.5, 0.6) is 0 Å². The molecule has 0 bridgehead atoms. The number of fused-ring (bicyclic) bond motifs is 1. The summed E-state index contributed by atoms with van der Waals surface area (Å²) in [7, 11) is -2.03. The van der Waals surface area contributed by atoms with Gasteiger partial charge >= 0.3 is 0 Å². The van der Waals surface area contributed by atoms with Gasteiger partial charge in [-0.2, -0.15) is 8.42 Å². The zero-order chi connectivity index (χ0) is 20.4. The van der Waals surface area contributed by atoms with Crippen LogP contribution in [0.15, 0.2) is 70.1 Å². The van der Waals surface area contributed by atoms with Gasteiger partial charge in [-0.1, -0.05) is 30.3 Å². The Morgan fingerprint density at radius 2 is 1.97 bits per heavy atom. The van der Waals surface area contributed by atoms with Gasteiger partial charge in [-0.15, -0.1) is 4.40 Å². The van der Waals surface area contributed by atoms with Crippen LogP contribution in [0.3, 0.4) is 0 Å². The lowest BCUT2D eigenvalue weighted by Crippen LogP contribution is -2.20. The molecular formula is C21H20N4O3S. The molecule has 1 saturated heterocycles. The highest BCUT2D eigenvalue weighted by atomic mass is 32.2. The fraction of sp³-hybridized carbons (Fsp3) is 0.190. The van der Waals surface area contributed by atoms with Crippen molar-refractivity contribution in [1.29, 1.82) is 0 Å². The number of amidine groups is 1. The number of benzene rings is 2. The van der Waals surface area contributed by atoms with Gasteiger partial charge < -0.3 is 10.2 Å². The van der Waals surface area contributed by atoms with Gasteiger partial charge in [0.05, 0.1) is 4.90 Å². The third kappa shape index (κ3) is 3.97. The smallest absolute Gasteiger partial charge is 0.284 e. The van der Waals surface area contributed by atoms with E-state index >= 15 is 0 Å². The molecule has 8 heteroatoms. The number of hydrogen-bond donors (Lipinski definition) is 1. The molecule has 1 aliphatic heterocycles. The van der Waals surface area contributed by atoms with E-state index in [0.29, 0.717) is 17.9 Å². The number of amides is 1. The van der Waals surface area contributed by atoms with Crippen molar-refractivity contribution < 1.29 is 13.2 Å². The number of rotatable bonds is 4. The van der Waals surface area contributed by atoms with Gasteiger partial charge in [-0.3, -0.25) is 9.78 Å². The quantitative estimate of drug-likeness (QED) is 0.715. The van der Waals surface area contributed by atoms with Crippen molar-refractivity contribution in [2.75, 3.05) is 18.9 Å². The lowest BCUT2D eigenvalue weighted by Gasteiger charge is -2.11. The van der Waals surface area contributed by atoms with Crippen LogP contribution >= 0.6 is 0 Å². The van der Waals surface area contributed by atoms with E-state index in [1.54, 1.807) is 18.3 Å². The molecule has 4 rings (SSSR count). The summed E-state index contributed by atoms with van der Waals surface area (Å²) in [5.74, 6) is 0.151. The van der Waals surface area contributed by atoms with Crippen LogP contribution in [-0.4, -0.2) is 43.6 Å². The largest absolute Gasteiger partial charge is 0.362 e. The predicted octanol–water partition coefficient (Wildman–Crippen LogP) is 3.30. The van der Waals surface area contributed by atoms with Crippen LogP contribution in [0.2, 0.25) is 0 Å².